The van der Waals surface area contributed by atoms with Crippen LogP contribution in [0.15, 0.2) is 60.9 Å². The average molecular weight is 380 g/mol. The van der Waals surface area contributed by atoms with Gasteiger partial charge in [0.15, 0.2) is 0 Å². The summed E-state index contributed by atoms with van der Waals surface area (Å²) in [5.74, 6) is 0.904. The highest BCUT2D eigenvalue weighted by Gasteiger charge is 2.26. The predicted octanol–water partition coefficient (Wildman–Crippen LogP) is 2.98. The first kappa shape index (κ1) is 18.0. The van der Waals surface area contributed by atoms with Crippen LogP contribution in [0, 0.1) is 5.82 Å². The van der Waals surface area contributed by atoms with Gasteiger partial charge in [-0.1, -0.05) is 24.3 Å². The molecule has 0 N–H and O–H groups in total. The van der Waals surface area contributed by atoms with Gasteiger partial charge in [-0.3, -0.25) is 9.36 Å². The maximum Gasteiger partial charge on any atom is 0.257 e. The molecule has 1 saturated heterocycles. The van der Waals surface area contributed by atoms with E-state index in [1.807, 2.05) is 17.0 Å². The number of methoxy groups -OCH3 is 1. The minimum absolute atomic E-state index is 0.0467. The summed E-state index contributed by atoms with van der Waals surface area (Å²) < 4.78 is 21.2. The van der Waals surface area contributed by atoms with Crippen molar-refractivity contribution in [1.29, 1.82) is 0 Å². The number of carbonyl (C=O) groups is 1. The molecule has 4 rings (SSSR count). The van der Waals surface area contributed by atoms with Crippen LogP contribution in [0.5, 0.6) is 5.75 Å². The molecular formula is C21H21FN4O2. The fourth-order valence-corrected chi connectivity index (χ4v) is 3.47. The minimum atomic E-state index is -0.299. The zero-order valence-electron chi connectivity index (χ0n) is 15.6. The number of halogens is 1. The summed E-state index contributed by atoms with van der Waals surface area (Å²) in [4.78, 5) is 21.2. The first-order valence-corrected chi connectivity index (χ1v) is 9.14. The number of rotatable bonds is 4. The number of carbonyl (C=O) groups excluding carboxylic acids is 1. The third kappa shape index (κ3) is 3.31. The van der Waals surface area contributed by atoms with Crippen molar-refractivity contribution in [2.24, 2.45) is 0 Å². The van der Waals surface area contributed by atoms with Crippen molar-refractivity contribution in [3.63, 3.8) is 0 Å². The second-order valence-electron chi connectivity index (χ2n) is 6.53. The molecule has 0 aliphatic carbocycles. The lowest BCUT2D eigenvalue weighted by molar-refractivity contribution is 0.0743. The molecule has 1 aliphatic rings. The monoisotopic (exact) mass is 380 g/mol. The Balaban J connectivity index is 1.49. The number of para-hydroxylation sites is 2. The van der Waals surface area contributed by atoms with Gasteiger partial charge in [0.1, 0.15) is 11.6 Å². The van der Waals surface area contributed by atoms with Gasteiger partial charge in [0.2, 0.25) is 5.95 Å². The SMILES string of the molecule is COc1ccccc1C(=O)N1CCN(c2nccn2-c2ccccc2F)CC1. The lowest BCUT2D eigenvalue weighted by Crippen LogP contribution is -2.49. The molecular weight excluding hydrogens is 359 g/mol. The van der Waals surface area contributed by atoms with Crippen LogP contribution in [0.4, 0.5) is 10.3 Å². The average Bonchev–Trinajstić information content (AvgIpc) is 3.23. The fourth-order valence-electron chi connectivity index (χ4n) is 3.47. The molecule has 3 aromatic rings. The Morgan fingerprint density at radius 1 is 1.04 bits per heavy atom. The summed E-state index contributed by atoms with van der Waals surface area (Å²) in [6.45, 7) is 2.35. The highest BCUT2D eigenvalue weighted by molar-refractivity contribution is 5.97. The number of piperazine rings is 1. The van der Waals surface area contributed by atoms with Crippen LogP contribution >= 0.6 is 0 Å². The van der Waals surface area contributed by atoms with E-state index in [0.29, 0.717) is 49.1 Å². The molecule has 28 heavy (non-hydrogen) atoms. The number of imidazole rings is 1. The quantitative estimate of drug-likeness (QED) is 0.698. The maximum atomic E-state index is 14.2. The lowest BCUT2D eigenvalue weighted by atomic mass is 10.1. The van der Waals surface area contributed by atoms with E-state index in [2.05, 4.69) is 9.88 Å². The van der Waals surface area contributed by atoms with E-state index in [1.165, 1.54) is 6.07 Å². The number of benzene rings is 2. The fraction of sp³-hybridized carbons (Fsp3) is 0.238. The first-order chi connectivity index (χ1) is 13.7. The summed E-state index contributed by atoms with van der Waals surface area (Å²) in [6.07, 6.45) is 3.41. The molecule has 0 saturated carbocycles. The van der Waals surface area contributed by atoms with E-state index in [4.69, 9.17) is 4.74 Å². The van der Waals surface area contributed by atoms with Gasteiger partial charge in [-0.25, -0.2) is 9.37 Å². The van der Waals surface area contributed by atoms with Gasteiger partial charge in [0, 0.05) is 38.6 Å². The van der Waals surface area contributed by atoms with Crippen LogP contribution in [0.3, 0.4) is 0 Å². The third-order valence-corrected chi connectivity index (χ3v) is 4.92. The molecule has 7 heteroatoms. The van der Waals surface area contributed by atoms with Gasteiger partial charge < -0.3 is 14.5 Å². The summed E-state index contributed by atoms with van der Waals surface area (Å²) in [7, 11) is 1.56. The van der Waals surface area contributed by atoms with Crippen LogP contribution < -0.4 is 9.64 Å². The molecule has 0 spiro atoms. The van der Waals surface area contributed by atoms with E-state index in [9.17, 15) is 9.18 Å². The number of hydrogen-bond donors (Lipinski definition) is 0. The summed E-state index contributed by atoms with van der Waals surface area (Å²) >= 11 is 0. The number of ether oxygens (including phenoxy) is 1. The molecule has 144 valence electrons. The van der Waals surface area contributed by atoms with Crippen LogP contribution in [-0.4, -0.2) is 53.6 Å². The van der Waals surface area contributed by atoms with Crippen LogP contribution in [0.25, 0.3) is 5.69 Å². The highest BCUT2D eigenvalue weighted by Crippen LogP contribution is 2.23. The van der Waals surface area contributed by atoms with Gasteiger partial charge in [0.25, 0.3) is 5.91 Å². The molecule has 1 aromatic heterocycles. The molecule has 6 nitrogen and oxygen atoms in total. The number of nitrogens with zero attached hydrogens (tertiary/aromatic N) is 4. The van der Waals surface area contributed by atoms with Gasteiger partial charge in [0.05, 0.1) is 18.4 Å². The molecule has 2 aromatic carbocycles. The van der Waals surface area contributed by atoms with E-state index >= 15 is 0 Å². The van der Waals surface area contributed by atoms with Gasteiger partial charge in [-0.15, -0.1) is 0 Å². The number of hydrogen-bond acceptors (Lipinski definition) is 4. The van der Waals surface area contributed by atoms with Crippen molar-refractivity contribution in [2.45, 2.75) is 0 Å². The van der Waals surface area contributed by atoms with Crippen molar-refractivity contribution in [3.8, 4) is 11.4 Å². The Bertz CT molecular complexity index is 980. The van der Waals surface area contributed by atoms with Crippen LogP contribution in [0.1, 0.15) is 10.4 Å². The zero-order chi connectivity index (χ0) is 19.5. The van der Waals surface area contributed by atoms with E-state index in [0.717, 1.165) is 0 Å². The Labute approximate surface area is 162 Å². The smallest absolute Gasteiger partial charge is 0.257 e. The molecule has 2 heterocycles. The van der Waals surface area contributed by atoms with E-state index in [-0.39, 0.29) is 11.7 Å². The molecule has 0 atom stereocenters. The molecule has 1 aliphatic heterocycles. The Hall–Kier alpha value is -3.35. The molecule has 0 bridgehead atoms. The van der Waals surface area contributed by atoms with Crippen LogP contribution in [-0.2, 0) is 0 Å². The maximum absolute atomic E-state index is 14.2. The standard InChI is InChI=1S/C21H21FN4O2/c1-28-19-9-5-2-6-16(19)20(27)24-12-14-25(15-13-24)21-23-10-11-26(21)18-8-4-3-7-17(18)22/h2-11H,12-15H2,1H3. The molecule has 1 fully saturated rings. The van der Waals surface area contributed by atoms with Crippen molar-refractivity contribution in [2.75, 3.05) is 38.2 Å². The third-order valence-electron chi connectivity index (χ3n) is 4.92. The summed E-state index contributed by atoms with van der Waals surface area (Å²) in [5, 5.41) is 0. The Morgan fingerprint density at radius 2 is 1.75 bits per heavy atom. The van der Waals surface area contributed by atoms with Crippen molar-refractivity contribution < 1.29 is 13.9 Å². The van der Waals surface area contributed by atoms with Crippen molar-refractivity contribution in [3.05, 3.63) is 72.3 Å². The minimum Gasteiger partial charge on any atom is -0.496 e. The van der Waals surface area contributed by atoms with Crippen molar-refractivity contribution in [1.82, 2.24) is 14.5 Å². The normalized spacial score (nSPS) is 14.2. The van der Waals surface area contributed by atoms with Crippen LogP contribution in [0.2, 0.25) is 0 Å². The molecule has 0 unspecified atom stereocenters. The Morgan fingerprint density at radius 3 is 2.50 bits per heavy atom. The van der Waals surface area contributed by atoms with Gasteiger partial charge >= 0.3 is 0 Å². The predicted molar refractivity (Wildman–Crippen MR) is 105 cm³/mol. The zero-order valence-corrected chi connectivity index (χ0v) is 15.6. The molecule has 1 amide bonds. The second kappa shape index (κ2) is 7.72. The summed E-state index contributed by atoms with van der Waals surface area (Å²) in [6, 6.07) is 13.9. The second-order valence-corrected chi connectivity index (χ2v) is 6.53. The van der Waals surface area contributed by atoms with Gasteiger partial charge in [-0.05, 0) is 24.3 Å². The van der Waals surface area contributed by atoms with Crippen molar-refractivity contribution >= 4 is 11.9 Å². The van der Waals surface area contributed by atoms with Gasteiger partial charge in [-0.2, -0.15) is 0 Å². The Kier molecular flexibility index (Phi) is 4.97. The largest absolute Gasteiger partial charge is 0.496 e. The first-order valence-electron chi connectivity index (χ1n) is 9.14. The lowest BCUT2D eigenvalue weighted by Gasteiger charge is -2.35. The number of anilines is 1. The summed E-state index contributed by atoms with van der Waals surface area (Å²) in [5.41, 5.74) is 1.02. The van der Waals surface area contributed by atoms with E-state index in [1.54, 1.807) is 54.4 Å². The molecule has 0 radical (unpaired) electrons. The van der Waals surface area contributed by atoms with E-state index < -0.39 is 0 Å². The highest BCUT2D eigenvalue weighted by atomic mass is 19.1. The number of amides is 1. The number of aromatic nitrogens is 2. The topological polar surface area (TPSA) is 50.6 Å².